The molecule has 1 N–H and O–H groups in total. The number of anilines is 1. The maximum Gasteiger partial charge on any atom is 0.418 e. The monoisotopic (exact) mass is 346 g/mol. The van der Waals surface area contributed by atoms with E-state index in [-0.39, 0.29) is 30.3 Å². The fourth-order valence-corrected chi connectivity index (χ4v) is 2.66. The van der Waals surface area contributed by atoms with Crippen molar-refractivity contribution in [2.45, 2.75) is 39.2 Å². The van der Waals surface area contributed by atoms with Crippen molar-refractivity contribution in [3.63, 3.8) is 0 Å². The molecular weight excluding hydrogens is 325 g/mol. The van der Waals surface area contributed by atoms with Crippen molar-refractivity contribution in [3.05, 3.63) is 23.8 Å². The number of morpholine rings is 1. The fourth-order valence-electron chi connectivity index (χ4n) is 2.66. The van der Waals surface area contributed by atoms with Crippen molar-refractivity contribution in [3.8, 4) is 5.75 Å². The van der Waals surface area contributed by atoms with Crippen molar-refractivity contribution in [1.29, 1.82) is 0 Å². The van der Waals surface area contributed by atoms with Gasteiger partial charge in [0, 0.05) is 13.1 Å². The molecule has 0 aromatic heterocycles. The number of hydrogen-bond acceptors (Lipinski definition) is 3. The number of carbonyl (C=O) groups excluding carboxylic acids is 1. The molecule has 1 heterocycles. The topological polar surface area (TPSA) is 50.8 Å². The van der Waals surface area contributed by atoms with Crippen molar-refractivity contribution >= 4 is 11.7 Å². The Morgan fingerprint density at radius 3 is 2.50 bits per heavy atom. The molecule has 24 heavy (non-hydrogen) atoms. The molecule has 0 radical (unpaired) electrons. The molecule has 1 aromatic carbocycles. The lowest BCUT2D eigenvalue weighted by Crippen LogP contribution is -2.49. The average molecular weight is 346 g/mol. The SMILES string of the molecule is CCOc1ccc(NC(=O)N2CC(C)OC(C)C2)c(C(F)(F)F)c1. The van der Waals surface area contributed by atoms with E-state index in [0.29, 0.717) is 13.1 Å². The summed E-state index contributed by atoms with van der Waals surface area (Å²) in [5, 5.41) is 2.35. The Balaban J connectivity index is 2.20. The third kappa shape index (κ3) is 4.53. The molecule has 0 bridgehead atoms. The lowest BCUT2D eigenvalue weighted by atomic mass is 10.1. The number of amides is 2. The van der Waals surface area contributed by atoms with Gasteiger partial charge in [0.25, 0.3) is 0 Å². The second-order valence-corrected chi connectivity index (χ2v) is 5.73. The molecule has 1 aromatic rings. The highest BCUT2D eigenvalue weighted by Gasteiger charge is 2.35. The molecule has 2 amide bonds. The van der Waals surface area contributed by atoms with E-state index in [1.54, 1.807) is 6.92 Å². The summed E-state index contributed by atoms with van der Waals surface area (Å²) in [4.78, 5) is 13.8. The van der Waals surface area contributed by atoms with Gasteiger partial charge in [-0.2, -0.15) is 13.2 Å². The van der Waals surface area contributed by atoms with Crippen LogP contribution in [0, 0.1) is 0 Å². The van der Waals surface area contributed by atoms with Crippen molar-refractivity contribution in [2.75, 3.05) is 25.0 Å². The molecule has 1 aliphatic heterocycles. The van der Waals surface area contributed by atoms with Gasteiger partial charge >= 0.3 is 12.2 Å². The fraction of sp³-hybridized carbons (Fsp3) is 0.562. The minimum atomic E-state index is -4.60. The summed E-state index contributed by atoms with van der Waals surface area (Å²) in [5.74, 6) is 0.108. The lowest BCUT2D eigenvalue weighted by molar-refractivity contribution is -0.137. The number of urea groups is 1. The van der Waals surface area contributed by atoms with Gasteiger partial charge in [0.2, 0.25) is 0 Å². The van der Waals surface area contributed by atoms with Crippen LogP contribution >= 0.6 is 0 Å². The van der Waals surface area contributed by atoms with E-state index in [2.05, 4.69) is 5.32 Å². The predicted molar refractivity (Wildman–Crippen MR) is 83.2 cm³/mol. The largest absolute Gasteiger partial charge is 0.494 e. The summed E-state index contributed by atoms with van der Waals surface area (Å²) in [5.41, 5.74) is -1.22. The summed E-state index contributed by atoms with van der Waals surface area (Å²) in [7, 11) is 0. The highest BCUT2D eigenvalue weighted by atomic mass is 19.4. The first-order chi connectivity index (χ1) is 11.2. The molecule has 1 saturated heterocycles. The van der Waals surface area contributed by atoms with E-state index in [4.69, 9.17) is 9.47 Å². The molecule has 0 spiro atoms. The van der Waals surface area contributed by atoms with Gasteiger partial charge in [0.15, 0.2) is 0 Å². The predicted octanol–water partition coefficient (Wildman–Crippen LogP) is 3.75. The van der Waals surface area contributed by atoms with E-state index in [9.17, 15) is 18.0 Å². The highest BCUT2D eigenvalue weighted by molar-refractivity contribution is 5.90. The van der Waals surface area contributed by atoms with E-state index in [0.717, 1.165) is 6.07 Å². The summed E-state index contributed by atoms with van der Waals surface area (Å²) in [6.07, 6.45) is -4.93. The van der Waals surface area contributed by atoms with Gasteiger partial charge in [-0.05, 0) is 39.0 Å². The van der Waals surface area contributed by atoms with Gasteiger partial charge in [-0.15, -0.1) is 0 Å². The van der Waals surface area contributed by atoms with Gasteiger partial charge in [0.05, 0.1) is 30.1 Å². The van der Waals surface area contributed by atoms with E-state index >= 15 is 0 Å². The molecule has 0 aliphatic carbocycles. The highest BCUT2D eigenvalue weighted by Crippen LogP contribution is 2.37. The van der Waals surface area contributed by atoms with E-state index in [1.165, 1.54) is 17.0 Å². The van der Waals surface area contributed by atoms with Crippen LogP contribution in [0.25, 0.3) is 0 Å². The average Bonchev–Trinajstić information content (AvgIpc) is 2.47. The maximum atomic E-state index is 13.2. The molecule has 1 fully saturated rings. The molecule has 0 saturated carbocycles. The zero-order valence-electron chi connectivity index (χ0n) is 13.8. The number of benzene rings is 1. The molecule has 2 atom stereocenters. The molecule has 2 unspecified atom stereocenters. The molecule has 2 rings (SSSR count). The third-order valence-corrected chi connectivity index (χ3v) is 3.56. The number of halogens is 3. The van der Waals surface area contributed by atoms with Gasteiger partial charge in [0.1, 0.15) is 5.75 Å². The van der Waals surface area contributed by atoms with Crippen molar-refractivity contribution in [1.82, 2.24) is 4.90 Å². The number of ether oxygens (including phenoxy) is 2. The number of nitrogens with one attached hydrogen (secondary N) is 1. The summed E-state index contributed by atoms with van der Waals surface area (Å²) >= 11 is 0. The van der Waals surface area contributed by atoms with E-state index < -0.39 is 17.8 Å². The quantitative estimate of drug-likeness (QED) is 0.907. The Bertz CT molecular complexity index is 582. The first kappa shape index (κ1) is 18.4. The number of hydrogen-bond donors (Lipinski definition) is 1. The minimum Gasteiger partial charge on any atom is -0.494 e. The summed E-state index contributed by atoms with van der Waals surface area (Å²) < 4.78 is 50.4. The second kappa shape index (κ2) is 7.29. The van der Waals surface area contributed by atoms with Crippen LogP contribution in [-0.4, -0.2) is 42.8 Å². The number of carbonyl (C=O) groups is 1. The Morgan fingerprint density at radius 2 is 1.96 bits per heavy atom. The zero-order chi connectivity index (χ0) is 17.9. The van der Waals surface area contributed by atoms with Crippen LogP contribution in [-0.2, 0) is 10.9 Å². The van der Waals surface area contributed by atoms with Crippen LogP contribution in [0.1, 0.15) is 26.3 Å². The van der Waals surface area contributed by atoms with Crippen molar-refractivity contribution < 1.29 is 27.4 Å². The summed E-state index contributed by atoms with van der Waals surface area (Å²) in [6, 6.07) is 2.92. The van der Waals surface area contributed by atoms with Crippen LogP contribution in [0.2, 0.25) is 0 Å². The Morgan fingerprint density at radius 1 is 1.33 bits per heavy atom. The number of nitrogens with zero attached hydrogens (tertiary/aromatic N) is 1. The second-order valence-electron chi connectivity index (χ2n) is 5.73. The van der Waals surface area contributed by atoms with Crippen LogP contribution in [0.5, 0.6) is 5.75 Å². The minimum absolute atomic E-state index is 0.108. The normalized spacial score (nSPS) is 21.5. The Kier molecular flexibility index (Phi) is 5.58. The zero-order valence-corrected chi connectivity index (χ0v) is 13.8. The first-order valence-electron chi connectivity index (χ1n) is 7.76. The Hall–Kier alpha value is -1.96. The van der Waals surface area contributed by atoms with Crippen LogP contribution < -0.4 is 10.1 Å². The van der Waals surface area contributed by atoms with Crippen molar-refractivity contribution in [2.24, 2.45) is 0 Å². The van der Waals surface area contributed by atoms with Gasteiger partial charge in [-0.3, -0.25) is 0 Å². The number of rotatable bonds is 3. The van der Waals surface area contributed by atoms with Gasteiger partial charge < -0.3 is 19.7 Å². The smallest absolute Gasteiger partial charge is 0.418 e. The molecule has 134 valence electrons. The molecule has 8 heteroatoms. The number of alkyl halides is 3. The molecular formula is C16H21F3N2O3. The van der Waals surface area contributed by atoms with E-state index in [1.807, 2.05) is 13.8 Å². The maximum absolute atomic E-state index is 13.2. The van der Waals surface area contributed by atoms with Crippen LogP contribution in [0.4, 0.5) is 23.7 Å². The third-order valence-electron chi connectivity index (χ3n) is 3.56. The molecule has 1 aliphatic rings. The lowest BCUT2D eigenvalue weighted by Gasteiger charge is -2.35. The first-order valence-corrected chi connectivity index (χ1v) is 7.76. The van der Waals surface area contributed by atoms with Gasteiger partial charge in [-0.25, -0.2) is 4.79 Å². The molecule has 5 nitrogen and oxygen atoms in total. The van der Waals surface area contributed by atoms with Gasteiger partial charge in [-0.1, -0.05) is 0 Å². The van der Waals surface area contributed by atoms with Crippen LogP contribution in [0.15, 0.2) is 18.2 Å². The standard InChI is InChI=1S/C16H21F3N2O3/c1-4-23-12-5-6-14(13(7-12)16(17,18)19)20-15(22)21-8-10(2)24-11(3)9-21/h5-7,10-11H,4,8-9H2,1-3H3,(H,20,22). The summed E-state index contributed by atoms with van der Waals surface area (Å²) in [6.45, 7) is 6.22. The van der Waals surface area contributed by atoms with Crippen LogP contribution in [0.3, 0.4) is 0 Å². The Labute approximate surface area is 138 Å².